The molecule has 0 fully saturated rings. The highest BCUT2D eigenvalue weighted by atomic mass is 35.7. The third-order valence-electron chi connectivity index (χ3n) is 2.27. The Hall–Kier alpha value is -0.540. The Morgan fingerprint density at radius 2 is 1.62 bits per heavy atom. The largest absolute Gasteiger partial charge is 0.261 e. The minimum atomic E-state index is -3.60. The highest BCUT2D eigenvalue weighted by Gasteiger charge is 2.14. The van der Waals surface area contributed by atoms with Crippen molar-refractivity contribution in [3.63, 3.8) is 0 Å². The SMILES string of the molecule is Cc1ccc(S(=O)(=O)Cl)c(C)c1C. The van der Waals surface area contributed by atoms with Gasteiger partial charge in [0.2, 0.25) is 0 Å². The van der Waals surface area contributed by atoms with E-state index in [9.17, 15) is 8.42 Å². The van der Waals surface area contributed by atoms with Crippen molar-refractivity contribution in [2.75, 3.05) is 0 Å². The molecule has 0 atom stereocenters. The molecule has 0 aliphatic rings. The van der Waals surface area contributed by atoms with Crippen LogP contribution in [-0.2, 0) is 9.05 Å². The number of rotatable bonds is 1. The first-order chi connectivity index (χ1) is 5.84. The minimum absolute atomic E-state index is 0.206. The van der Waals surface area contributed by atoms with Gasteiger partial charge in [0.05, 0.1) is 4.90 Å². The van der Waals surface area contributed by atoms with Crippen molar-refractivity contribution >= 4 is 19.7 Å². The van der Waals surface area contributed by atoms with Gasteiger partial charge in [-0.25, -0.2) is 8.42 Å². The van der Waals surface area contributed by atoms with Crippen LogP contribution in [0.1, 0.15) is 16.7 Å². The molecule has 2 nitrogen and oxygen atoms in total. The predicted molar refractivity (Wildman–Crippen MR) is 53.7 cm³/mol. The Kier molecular flexibility index (Phi) is 2.68. The van der Waals surface area contributed by atoms with Gasteiger partial charge in [0.15, 0.2) is 0 Å². The van der Waals surface area contributed by atoms with Crippen molar-refractivity contribution in [2.24, 2.45) is 0 Å². The lowest BCUT2D eigenvalue weighted by molar-refractivity contribution is 0.609. The topological polar surface area (TPSA) is 34.1 Å². The van der Waals surface area contributed by atoms with Gasteiger partial charge in [-0.2, -0.15) is 0 Å². The van der Waals surface area contributed by atoms with E-state index in [1.165, 1.54) is 0 Å². The lowest BCUT2D eigenvalue weighted by Gasteiger charge is -2.07. The van der Waals surface area contributed by atoms with Crippen LogP contribution < -0.4 is 0 Å². The van der Waals surface area contributed by atoms with E-state index >= 15 is 0 Å². The molecule has 1 aromatic carbocycles. The first-order valence-electron chi connectivity index (χ1n) is 3.85. The summed E-state index contributed by atoms with van der Waals surface area (Å²) in [7, 11) is 1.66. The van der Waals surface area contributed by atoms with E-state index in [2.05, 4.69) is 0 Å². The Morgan fingerprint density at radius 3 is 2.08 bits per heavy atom. The third-order valence-corrected chi connectivity index (χ3v) is 3.74. The predicted octanol–water partition coefficient (Wildman–Crippen LogP) is 2.54. The fraction of sp³-hybridized carbons (Fsp3) is 0.333. The van der Waals surface area contributed by atoms with Crippen molar-refractivity contribution in [2.45, 2.75) is 25.7 Å². The molecule has 0 N–H and O–H groups in total. The molecule has 0 radical (unpaired) electrons. The second-order valence-electron chi connectivity index (χ2n) is 3.07. The van der Waals surface area contributed by atoms with E-state index in [0.717, 1.165) is 16.7 Å². The summed E-state index contributed by atoms with van der Waals surface area (Å²) in [5.41, 5.74) is 2.78. The average Bonchev–Trinajstić information content (AvgIpc) is 1.98. The van der Waals surface area contributed by atoms with E-state index in [0.29, 0.717) is 0 Å². The van der Waals surface area contributed by atoms with Crippen molar-refractivity contribution in [1.82, 2.24) is 0 Å². The summed E-state index contributed by atoms with van der Waals surface area (Å²) < 4.78 is 22.2. The molecule has 0 amide bonds. The highest BCUT2D eigenvalue weighted by molar-refractivity contribution is 8.13. The first-order valence-corrected chi connectivity index (χ1v) is 6.16. The van der Waals surface area contributed by atoms with Gasteiger partial charge in [0.1, 0.15) is 0 Å². The van der Waals surface area contributed by atoms with Gasteiger partial charge in [-0.15, -0.1) is 0 Å². The molecule has 0 unspecified atom stereocenters. The van der Waals surface area contributed by atoms with E-state index in [1.807, 2.05) is 13.8 Å². The summed E-state index contributed by atoms with van der Waals surface area (Å²) in [6.45, 7) is 5.58. The zero-order valence-corrected chi connectivity index (χ0v) is 9.33. The van der Waals surface area contributed by atoms with Crippen LogP contribution in [0, 0.1) is 20.8 Å². The van der Waals surface area contributed by atoms with Crippen LogP contribution in [0.5, 0.6) is 0 Å². The second-order valence-corrected chi connectivity index (χ2v) is 5.60. The molecule has 0 saturated carbocycles. The Morgan fingerprint density at radius 1 is 1.08 bits per heavy atom. The molecule has 13 heavy (non-hydrogen) atoms. The lowest BCUT2D eigenvalue weighted by Crippen LogP contribution is -1.97. The summed E-state index contributed by atoms with van der Waals surface area (Å²) in [6, 6.07) is 3.30. The highest BCUT2D eigenvalue weighted by Crippen LogP contribution is 2.23. The van der Waals surface area contributed by atoms with Crippen molar-refractivity contribution in [3.05, 3.63) is 28.8 Å². The fourth-order valence-corrected chi connectivity index (χ4v) is 2.45. The second kappa shape index (κ2) is 3.31. The average molecular weight is 219 g/mol. The molecule has 0 aromatic heterocycles. The number of halogens is 1. The normalized spacial score (nSPS) is 11.7. The van der Waals surface area contributed by atoms with E-state index in [-0.39, 0.29) is 4.90 Å². The molecule has 1 rings (SSSR count). The maximum Gasteiger partial charge on any atom is 0.261 e. The Bertz CT molecular complexity index is 435. The molecule has 72 valence electrons. The molecular formula is C9H11ClO2S. The standard InChI is InChI=1S/C9H11ClO2S/c1-6-4-5-9(13(10,11)12)8(3)7(6)2/h4-5H,1-3H3. The lowest BCUT2D eigenvalue weighted by atomic mass is 10.1. The number of aryl methyl sites for hydroxylation is 1. The zero-order chi connectivity index (χ0) is 10.2. The third kappa shape index (κ3) is 2.03. The summed E-state index contributed by atoms with van der Waals surface area (Å²) in [5, 5.41) is 0. The van der Waals surface area contributed by atoms with Gasteiger partial charge < -0.3 is 0 Å². The van der Waals surface area contributed by atoms with Crippen LogP contribution in [0.3, 0.4) is 0 Å². The molecule has 0 spiro atoms. The van der Waals surface area contributed by atoms with E-state index in [4.69, 9.17) is 10.7 Å². The Balaban J connectivity index is 3.53. The van der Waals surface area contributed by atoms with Crippen molar-refractivity contribution in [3.8, 4) is 0 Å². The van der Waals surface area contributed by atoms with Crippen LogP contribution in [0.25, 0.3) is 0 Å². The molecule has 0 aliphatic carbocycles. The monoisotopic (exact) mass is 218 g/mol. The van der Waals surface area contributed by atoms with Gasteiger partial charge in [-0.05, 0) is 43.5 Å². The van der Waals surface area contributed by atoms with Crippen LogP contribution >= 0.6 is 10.7 Å². The molecule has 4 heteroatoms. The first kappa shape index (κ1) is 10.5. The maximum atomic E-state index is 11.1. The van der Waals surface area contributed by atoms with Crippen LogP contribution in [-0.4, -0.2) is 8.42 Å². The van der Waals surface area contributed by atoms with Gasteiger partial charge in [0.25, 0.3) is 9.05 Å². The maximum absolute atomic E-state index is 11.1. The smallest absolute Gasteiger partial charge is 0.207 e. The number of hydrogen-bond donors (Lipinski definition) is 0. The zero-order valence-electron chi connectivity index (χ0n) is 7.76. The number of benzene rings is 1. The van der Waals surface area contributed by atoms with E-state index in [1.54, 1.807) is 19.1 Å². The van der Waals surface area contributed by atoms with Crippen LogP contribution in [0.2, 0.25) is 0 Å². The van der Waals surface area contributed by atoms with Crippen LogP contribution in [0.15, 0.2) is 17.0 Å². The van der Waals surface area contributed by atoms with Crippen molar-refractivity contribution in [1.29, 1.82) is 0 Å². The van der Waals surface area contributed by atoms with Gasteiger partial charge in [-0.3, -0.25) is 0 Å². The van der Waals surface area contributed by atoms with Crippen molar-refractivity contribution < 1.29 is 8.42 Å². The summed E-state index contributed by atoms with van der Waals surface area (Å²) in [5.74, 6) is 0. The summed E-state index contributed by atoms with van der Waals surface area (Å²) >= 11 is 0. The Labute approximate surface area is 83.0 Å². The molecule has 1 aromatic rings. The molecule has 0 heterocycles. The quantitative estimate of drug-likeness (QED) is 0.679. The molecule has 0 bridgehead atoms. The summed E-state index contributed by atoms with van der Waals surface area (Å²) in [4.78, 5) is 0.206. The molecular weight excluding hydrogens is 208 g/mol. The van der Waals surface area contributed by atoms with Gasteiger partial charge in [-0.1, -0.05) is 6.07 Å². The van der Waals surface area contributed by atoms with Gasteiger partial charge in [0, 0.05) is 10.7 Å². The minimum Gasteiger partial charge on any atom is -0.207 e. The van der Waals surface area contributed by atoms with Crippen LogP contribution in [0.4, 0.5) is 0 Å². The summed E-state index contributed by atoms with van der Waals surface area (Å²) in [6.07, 6.45) is 0. The van der Waals surface area contributed by atoms with Gasteiger partial charge >= 0.3 is 0 Å². The molecule has 0 aliphatic heterocycles. The molecule has 0 saturated heterocycles. The van der Waals surface area contributed by atoms with E-state index < -0.39 is 9.05 Å². The number of hydrogen-bond acceptors (Lipinski definition) is 2. The fourth-order valence-electron chi connectivity index (χ4n) is 1.20.